The molecule has 9 heteroatoms. The zero-order valence-electron chi connectivity index (χ0n) is 18.9. The van der Waals surface area contributed by atoms with Crippen molar-refractivity contribution in [2.24, 2.45) is 0 Å². The Morgan fingerprint density at radius 3 is 2.48 bits per heavy atom. The van der Waals surface area contributed by atoms with E-state index >= 15 is 0 Å². The second kappa shape index (κ2) is 9.58. The third kappa shape index (κ3) is 4.58. The molecule has 2 aromatic heterocycles. The van der Waals surface area contributed by atoms with Gasteiger partial charge in [-0.1, -0.05) is 18.2 Å². The molecule has 0 unspecified atom stereocenters. The fourth-order valence-corrected chi connectivity index (χ4v) is 3.44. The number of ether oxygens (including phenoxy) is 2. The largest absolute Gasteiger partial charge is 0.497 e. The average Bonchev–Trinajstić information content (AvgIpc) is 3.27. The molecule has 1 N–H and O–H groups in total. The van der Waals surface area contributed by atoms with E-state index in [-0.39, 0.29) is 5.91 Å². The van der Waals surface area contributed by atoms with Crippen LogP contribution in [0.3, 0.4) is 0 Å². The number of carbonyl (C=O) groups excluding carboxylic acids is 1. The number of amides is 1. The smallest absolute Gasteiger partial charge is 0.280 e. The summed E-state index contributed by atoms with van der Waals surface area (Å²) in [5.74, 6) is 1.15. The highest BCUT2D eigenvalue weighted by atomic mass is 16.7. The highest BCUT2D eigenvalue weighted by Gasteiger charge is 2.21. The number of nitrogens with zero attached hydrogens (tertiary/aromatic N) is 4. The van der Waals surface area contributed by atoms with Gasteiger partial charge in [0.05, 0.1) is 50.7 Å². The summed E-state index contributed by atoms with van der Waals surface area (Å²) < 4.78 is 12.4. The zero-order chi connectivity index (χ0) is 23.4. The topological polar surface area (TPSA) is 90.7 Å². The van der Waals surface area contributed by atoms with E-state index in [0.717, 1.165) is 22.1 Å². The van der Waals surface area contributed by atoms with Crippen LogP contribution in [0.4, 0.5) is 11.4 Å². The van der Waals surface area contributed by atoms with Gasteiger partial charge in [0, 0.05) is 25.0 Å². The lowest BCUT2D eigenvalue weighted by atomic mass is 10.1. The van der Waals surface area contributed by atoms with E-state index in [0.29, 0.717) is 34.6 Å². The number of carbonyl (C=O) groups is 1. The predicted molar refractivity (Wildman–Crippen MR) is 125 cm³/mol. The van der Waals surface area contributed by atoms with Gasteiger partial charge in [-0.2, -0.15) is 5.10 Å². The van der Waals surface area contributed by atoms with Crippen LogP contribution in [0, 0.1) is 0 Å². The second-order valence-electron chi connectivity index (χ2n) is 7.28. The van der Waals surface area contributed by atoms with E-state index in [1.165, 1.54) is 13.3 Å². The minimum Gasteiger partial charge on any atom is -0.497 e. The SMILES string of the molecule is COc1ccc(Cn2ncc3c(Nc4cccc(OC)c4)c(C(=O)N(C)OC)cnc32)cc1. The molecule has 0 bridgehead atoms. The maximum atomic E-state index is 13.0. The van der Waals surface area contributed by atoms with Crippen molar-refractivity contribution in [3.8, 4) is 11.5 Å². The van der Waals surface area contributed by atoms with Crippen LogP contribution in [-0.2, 0) is 11.4 Å². The molecule has 0 aliphatic rings. The maximum Gasteiger partial charge on any atom is 0.280 e. The third-order valence-electron chi connectivity index (χ3n) is 5.29. The summed E-state index contributed by atoms with van der Waals surface area (Å²) >= 11 is 0. The van der Waals surface area contributed by atoms with Crippen LogP contribution < -0.4 is 14.8 Å². The summed E-state index contributed by atoms with van der Waals surface area (Å²) in [6.45, 7) is 0.518. The van der Waals surface area contributed by atoms with E-state index in [9.17, 15) is 4.79 Å². The van der Waals surface area contributed by atoms with Crippen molar-refractivity contribution < 1.29 is 19.1 Å². The standard InChI is InChI=1S/C24H25N5O4/c1-28(33-4)24(30)21-13-25-23-20(22(21)27-17-6-5-7-19(12-17)32-3)14-26-29(23)15-16-8-10-18(31-2)11-9-16/h5-14H,15H2,1-4H3,(H,25,27). The quantitative estimate of drug-likeness (QED) is 0.410. The first-order chi connectivity index (χ1) is 16.0. The Bertz CT molecular complexity index is 1270. The molecule has 0 aliphatic heterocycles. The lowest BCUT2D eigenvalue weighted by molar-refractivity contribution is -0.0756. The van der Waals surface area contributed by atoms with Gasteiger partial charge in [0.15, 0.2) is 5.65 Å². The van der Waals surface area contributed by atoms with E-state index in [1.807, 2.05) is 48.5 Å². The van der Waals surface area contributed by atoms with Crippen LogP contribution in [0.2, 0.25) is 0 Å². The predicted octanol–water partition coefficient (Wildman–Crippen LogP) is 3.87. The number of hydrogen-bond donors (Lipinski definition) is 1. The first-order valence-corrected chi connectivity index (χ1v) is 10.2. The summed E-state index contributed by atoms with van der Waals surface area (Å²) in [7, 11) is 6.23. The van der Waals surface area contributed by atoms with Crippen molar-refractivity contribution in [1.82, 2.24) is 19.8 Å². The molecule has 0 saturated carbocycles. The number of pyridine rings is 1. The van der Waals surface area contributed by atoms with Crippen molar-refractivity contribution in [1.29, 1.82) is 0 Å². The molecule has 170 valence electrons. The monoisotopic (exact) mass is 447 g/mol. The first kappa shape index (κ1) is 22.1. The number of hydroxylamine groups is 2. The number of hydrogen-bond acceptors (Lipinski definition) is 7. The Labute approximate surface area is 191 Å². The normalized spacial score (nSPS) is 10.8. The molecule has 1 amide bonds. The molecule has 0 atom stereocenters. The minimum atomic E-state index is -0.333. The number of methoxy groups -OCH3 is 2. The van der Waals surface area contributed by atoms with Crippen molar-refractivity contribution in [2.75, 3.05) is 33.7 Å². The van der Waals surface area contributed by atoms with Gasteiger partial charge >= 0.3 is 0 Å². The molecule has 4 rings (SSSR count). The Hall–Kier alpha value is -4.11. The molecule has 0 fully saturated rings. The van der Waals surface area contributed by atoms with E-state index < -0.39 is 0 Å². The average molecular weight is 447 g/mol. The summed E-state index contributed by atoms with van der Waals surface area (Å²) in [5, 5.41) is 9.75. The Balaban J connectivity index is 1.77. The fraction of sp³-hybridized carbons (Fsp3) is 0.208. The fourth-order valence-electron chi connectivity index (χ4n) is 3.44. The molecule has 33 heavy (non-hydrogen) atoms. The van der Waals surface area contributed by atoms with Crippen molar-refractivity contribution >= 4 is 28.3 Å². The molecular formula is C24H25N5O4. The molecule has 2 heterocycles. The van der Waals surface area contributed by atoms with Crippen LogP contribution in [0.25, 0.3) is 11.0 Å². The number of nitrogens with one attached hydrogen (secondary N) is 1. The van der Waals surface area contributed by atoms with Gasteiger partial charge in [-0.3, -0.25) is 9.63 Å². The molecule has 9 nitrogen and oxygen atoms in total. The highest BCUT2D eigenvalue weighted by molar-refractivity contribution is 6.07. The molecule has 0 radical (unpaired) electrons. The zero-order valence-corrected chi connectivity index (χ0v) is 18.9. The highest BCUT2D eigenvalue weighted by Crippen LogP contribution is 2.31. The van der Waals surface area contributed by atoms with Crippen molar-refractivity contribution in [3.63, 3.8) is 0 Å². The van der Waals surface area contributed by atoms with Gasteiger partial charge in [-0.25, -0.2) is 14.7 Å². The van der Waals surface area contributed by atoms with E-state index in [4.69, 9.17) is 14.3 Å². The summed E-state index contributed by atoms with van der Waals surface area (Å²) in [4.78, 5) is 22.6. The Morgan fingerprint density at radius 2 is 1.79 bits per heavy atom. The van der Waals surface area contributed by atoms with Crippen LogP contribution >= 0.6 is 0 Å². The van der Waals surface area contributed by atoms with Crippen LogP contribution in [0.15, 0.2) is 60.9 Å². The molecule has 4 aromatic rings. The van der Waals surface area contributed by atoms with E-state index in [2.05, 4.69) is 15.4 Å². The van der Waals surface area contributed by atoms with Gasteiger partial charge in [0.1, 0.15) is 11.5 Å². The van der Waals surface area contributed by atoms with Crippen LogP contribution in [0.1, 0.15) is 15.9 Å². The number of rotatable bonds is 8. The number of anilines is 2. The lowest BCUT2D eigenvalue weighted by Crippen LogP contribution is -2.26. The molecule has 0 saturated heterocycles. The molecular weight excluding hydrogens is 422 g/mol. The maximum absolute atomic E-state index is 13.0. The number of benzene rings is 2. The van der Waals surface area contributed by atoms with Gasteiger partial charge in [-0.05, 0) is 29.8 Å². The molecule has 0 aliphatic carbocycles. The summed E-state index contributed by atoms with van der Waals surface area (Å²) in [6, 6.07) is 15.2. The van der Waals surface area contributed by atoms with Crippen molar-refractivity contribution in [2.45, 2.75) is 6.54 Å². The van der Waals surface area contributed by atoms with Crippen LogP contribution in [0.5, 0.6) is 11.5 Å². The molecule has 2 aromatic carbocycles. The Kier molecular flexibility index (Phi) is 6.41. The minimum absolute atomic E-state index is 0.333. The second-order valence-corrected chi connectivity index (χ2v) is 7.28. The number of aromatic nitrogens is 3. The third-order valence-corrected chi connectivity index (χ3v) is 5.29. The van der Waals surface area contributed by atoms with Crippen LogP contribution in [-0.4, -0.2) is 54.1 Å². The summed E-state index contributed by atoms with van der Waals surface area (Å²) in [5.41, 5.74) is 3.40. The summed E-state index contributed by atoms with van der Waals surface area (Å²) in [6.07, 6.45) is 3.24. The Morgan fingerprint density at radius 1 is 1.03 bits per heavy atom. The van der Waals surface area contributed by atoms with Gasteiger partial charge in [0.2, 0.25) is 0 Å². The molecule has 0 spiro atoms. The van der Waals surface area contributed by atoms with Crippen molar-refractivity contribution in [3.05, 3.63) is 72.1 Å². The van der Waals surface area contributed by atoms with E-state index in [1.54, 1.807) is 32.1 Å². The number of fused-ring (bicyclic) bond motifs is 1. The van der Waals surface area contributed by atoms with Gasteiger partial charge in [0.25, 0.3) is 5.91 Å². The van der Waals surface area contributed by atoms with Gasteiger partial charge in [-0.15, -0.1) is 0 Å². The van der Waals surface area contributed by atoms with Gasteiger partial charge < -0.3 is 14.8 Å². The first-order valence-electron chi connectivity index (χ1n) is 10.2. The lowest BCUT2D eigenvalue weighted by Gasteiger charge is -2.18.